The fourth-order valence-electron chi connectivity index (χ4n) is 3.82. The predicted octanol–water partition coefficient (Wildman–Crippen LogP) is 2.38. The average Bonchev–Trinajstić information content (AvgIpc) is 2.83. The Morgan fingerprint density at radius 1 is 0.970 bits per heavy atom. The maximum atomic E-state index is 13.2. The number of halogens is 2. The Bertz CT molecular complexity index is 959. The van der Waals surface area contributed by atoms with Crippen LogP contribution in [0.15, 0.2) is 48.5 Å². The number of piperidine rings is 1. The molecule has 2 aromatic rings. The van der Waals surface area contributed by atoms with Gasteiger partial charge >= 0.3 is 0 Å². The molecule has 1 atom stereocenters. The fraction of sp³-hybridized carbons (Fsp3) is 0.375. The maximum absolute atomic E-state index is 13.2. The third-order valence-corrected chi connectivity index (χ3v) is 5.67. The van der Waals surface area contributed by atoms with Crippen molar-refractivity contribution in [2.24, 2.45) is 5.92 Å². The molecule has 176 valence electrons. The number of benzene rings is 2. The van der Waals surface area contributed by atoms with E-state index in [1.54, 1.807) is 4.90 Å². The number of carbonyl (C=O) groups excluding carboxylic acids is 3. The van der Waals surface area contributed by atoms with Crippen molar-refractivity contribution in [2.45, 2.75) is 18.9 Å². The molecule has 0 aromatic heterocycles. The highest BCUT2D eigenvalue weighted by molar-refractivity contribution is 5.97. The van der Waals surface area contributed by atoms with Crippen LogP contribution in [0.25, 0.3) is 0 Å². The van der Waals surface area contributed by atoms with Gasteiger partial charge < -0.3 is 20.3 Å². The van der Waals surface area contributed by atoms with Gasteiger partial charge in [0, 0.05) is 37.9 Å². The first-order chi connectivity index (χ1) is 15.9. The Kier molecular flexibility index (Phi) is 8.48. The molecule has 0 aliphatic carbocycles. The standard InChI is InChI=1S/C24H27F2N3O4/c1-33-15-12-27-23(31)21(28-22(30)17-2-6-19(25)7-3-17)16-10-13-29(14-11-16)24(32)18-4-8-20(26)9-5-18/h2-9,16,21H,10-15H2,1H3,(H,27,31)(H,28,30). The first kappa shape index (κ1) is 24.3. The van der Waals surface area contributed by atoms with Gasteiger partial charge in [0.2, 0.25) is 5.91 Å². The second kappa shape index (κ2) is 11.5. The zero-order chi connectivity index (χ0) is 23.8. The van der Waals surface area contributed by atoms with Crippen molar-refractivity contribution in [3.63, 3.8) is 0 Å². The van der Waals surface area contributed by atoms with E-state index in [0.717, 1.165) is 0 Å². The molecule has 9 heteroatoms. The Balaban J connectivity index is 1.66. The lowest BCUT2D eigenvalue weighted by Gasteiger charge is -2.36. The van der Waals surface area contributed by atoms with Crippen LogP contribution in [0.3, 0.4) is 0 Å². The van der Waals surface area contributed by atoms with Gasteiger partial charge in [-0.15, -0.1) is 0 Å². The number of nitrogens with zero attached hydrogens (tertiary/aromatic N) is 1. The predicted molar refractivity (Wildman–Crippen MR) is 118 cm³/mol. The van der Waals surface area contributed by atoms with Gasteiger partial charge in [-0.2, -0.15) is 0 Å². The SMILES string of the molecule is COCCNC(=O)C(NC(=O)c1ccc(F)cc1)C1CCN(C(=O)c2ccc(F)cc2)CC1. The minimum atomic E-state index is -0.817. The molecule has 1 aliphatic heterocycles. The van der Waals surface area contributed by atoms with Crippen LogP contribution in [0.2, 0.25) is 0 Å². The van der Waals surface area contributed by atoms with Crippen molar-refractivity contribution in [1.29, 1.82) is 0 Å². The molecule has 3 rings (SSSR count). The summed E-state index contributed by atoms with van der Waals surface area (Å²) >= 11 is 0. The molecule has 0 bridgehead atoms. The molecule has 7 nitrogen and oxygen atoms in total. The van der Waals surface area contributed by atoms with Gasteiger partial charge in [0.15, 0.2) is 0 Å². The monoisotopic (exact) mass is 459 g/mol. The van der Waals surface area contributed by atoms with Crippen LogP contribution in [0.4, 0.5) is 8.78 Å². The van der Waals surface area contributed by atoms with Crippen LogP contribution in [-0.2, 0) is 9.53 Å². The smallest absolute Gasteiger partial charge is 0.253 e. The lowest BCUT2D eigenvalue weighted by atomic mass is 9.88. The summed E-state index contributed by atoms with van der Waals surface area (Å²) in [5.41, 5.74) is 0.642. The molecule has 1 aliphatic rings. The first-order valence-corrected chi connectivity index (χ1v) is 10.8. The summed E-state index contributed by atoms with van der Waals surface area (Å²) in [6.45, 7) is 1.42. The normalized spacial score (nSPS) is 15.1. The summed E-state index contributed by atoms with van der Waals surface area (Å²) in [7, 11) is 1.52. The topological polar surface area (TPSA) is 87.7 Å². The van der Waals surface area contributed by atoms with Crippen molar-refractivity contribution >= 4 is 17.7 Å². The van der Waals surface area contributed by atoms with Crippen LogP contribution in [0.1, 0.15) is 33.6 Å². The summed E-state index contributed by atoms with van der Waals surface area (Å²) in [6.07, 6.45) is 0.998. The van der Waals surface area contributed by atoms with Gasteiger partial charge in [-0.05, 0) is 67.3 Å². The third-order valence-electron chi connectivity index (χ3n) is 5.67. The van der Waals surface area contributed by atoms with Crippen molar-refractivity contribution in [3.05, 3.63) is 71.3 Å². The highest BCUT2D eigenvalue weighted by Crippen LogP contribution is 2.23. The van der Waals surface area contributed by atoms with E-state index in [0.29, 0.717) is 44.6 Å². The number of amides is 3. The minimum absolute atomic E-state index is 0.200. The second-order valence-electron chi connectivity index (χ2n) is 7.88. The van der Waals surface area contributed by atoms with Gasteiger partial charge in [0.1, 0.15) is 17.7 Å². The molecular weight excluding hydrogens is 432 g/mol. The molecule has 33 heavy (non-hydrogen) atoms. The number of hydrogen-bond donors (Lipinski definition) is 2. The largest absolute Gasteiger partial charge is 0.383 e. The quantitative estimate of drug-likeness (QED) is 0.594. The van der Waals surface area contributed by atoms with E-state index >= 15 is 0 Å². The molecule has 2 N–H and O–H groups in total. The zero-order valence-electron chi connectivity index (χ0n) is 18.4. The summed E-state index contributed by atoms with van der Waals surface area (Å²) in [5.74, 6) is -2.10. The first-order valence-electron chi connectivity index (χ1n) is 10.8. The van der Waals surface area contributed by atoms with Crippen LogP contribution in [-0.4, -0.2) is 62.0 Å². The molecule has 1 heterocycles. The molecule has 2 aromatic carbocycles. The molecule has 1 unspecified atom stereocenters. The van der Waals surface area contributed by atoms with Crippen LogP contribution < -0.4 is 10.6 Å². The van der Waals surface area contributed by atoms with Crippen molar-refractivity contribution in [1.82, 2.24) is 15.5 Å². The van der Waals surface area contributed by atoms with Gasteiger partial charge in [0.05, 0.1) is 6.61 Å². The van der Waals surface area contributed by atoms with Crippen molar-refractivity contribution < 1.29 is 27.9 Å². The highest BCUT2D eigenvalue weighted by Gasteiger charge is 2.34. The Morgan fingerprint density at radius 3 is 2.06 bits per heavy atom. The van der Waals surface area contributed by atoms with Crippen molar-refractivity contribution in [2.75, 3.05) is 33.4 Å². The average molecular weight is 459 g/mol. The van der Waals surface area contributed by atoms with E-state index in [1.807, 2.05) is 0 Å². The number of carbonyl (C=O) groups is 3. The van der Waals surface area contributed by atoms with Crippen LogP contribution >= 0.6 is 0 Å². The minimum Gasteiger partial charge on any atom is -0.383 e. The molecular formula is C24H27F2N3O4. The van der Waals surface area contributed by atoms with Crippen molar-refractivity contribution in [3.8, 4) is 0 Å². The third kappa shape index (κ3) is 6.58. The summed E-state index contributed by atoms with van der Waals surface area (Å²) in [5, 5.41) is 5.53. The maximum Gasteiger partial charge on any atom is 0.253 e. The van der Waals surface area contributed by atoms with E-state index in [9.17, 15) is 23.2 Å². The number of methoxy groups -OCH3 is 1. The number of nitrogens with one attached hydrogen (secondary N) is 2. The number of likely N-dealkylation sites (tertiary alicyclic amines) is 1. The molecule has 3 amide bonds. The van der Waals surface area contributed by atoms with Gasteiger partial charge in [-0.1, -0.05) is 0 Å². The van der Waals surface area contributed by atoms with Gasteiger partial charge in [-0.25, -0.2) is 8.78 Å². The van der Waals surface area contributed by atoms with Gasteiger partial charge in [0.25, 0.3) is 11.8 Å². The highest BCUT2D eigenvalue weighted by atomic mass is 19.1. The van der Waals surface area contributed by atoms with E-state index in [-0.39, 0.29) is 23.3 Å². The van der Waals surface area contributed by atoms with E-state index in [4.69, 9.17) is 4.74 Å². The van der Waals surface area contributed by atoms with Crippen LogP contribution in [0, 0.1) is 17.6 Å². The van der Waals surface area contributed by atoms with E-state index < -0.39 is 23.6 Å². The molecule has 1 fully saturated rings. The Labute approximate surface area is 191 Å². The lowest BCUT2D eigenvalue weighted by molar-refractivity contribution is -0.124. The molecule has 0 radical (unpaired) electrons. The fourth-order valence-corrected chi connectivity index (χ4v) is 3.82. The number of rotatable bonds is 8. The zero-order valence-corrected chi connectivity index (χ0v) is 18.4. The Hall–Kier alpha value is -3.33. The van der Waals surface area contributed by atoms with Crippen LogP contribution in [0.5, 0.6) is 0 Å². The summed E-state index contributed by atoms with van der Waals surface area (Å²) in [6, 6.07) is 9.63. The number of ether oxygens (including phenoxy) is 1. The number of hydrogen-bond acceptors (Lipinski definition) is 4. The van der Waals surface area contributed by atoms with E-state index in [2.05, 4.69) is 10.6 Å². The lowest BCUT2D eigenvalue weighted by Crippen LogP contribution is -2.54. The molecule has 1 saturated heterocycles. The second-order valence-corrected chi connectivity index (χ2v) is 7.88. The molecule has 0 saturated carbocycles. The van der Waals surface area contributed by atoms with Gasteiger partial charge in [-0.3, -0.25) is 14.4 Å². The Morgan fingerprint density at radius 2 is 1.52 bits per heavy atom. The summed E-state index contributed by atoms with van der Waals surface area (Å²) in [4.78, 5) is 39.9. The van der Waals surface area contributed by atoms with E-state index in [1.165, 1.54) is 55.6 Å². The summed E-state index contributed by atoms with van der Waals surface area (Å²) < 4.78 is 31.3. The molecule has 0 spiro atoms.